The zero-order chi connectivity index (χ0) is 16.2. The van der Waals surface area contributed by atoms with Gasteiger partial charge in [0, 0.05) is 16.3 Å². The summed E-state index contributed by atoms with van der Waals surface area (Å²) in [6, 6.07) is 12.0. The van der Waals surface area contributed by atoms with Gasteiger partial charge in [0.25, 0.3) is 5.91 Å². The van der Waals surface area contributed by atoms with Crippen molar-refractivity contribution in [3.63, 3.8) is 0 Å². The molecule has 0 spiro atoms. The molecular weight excluding hydrogens is 336 g/mol. The van der Waals surface area contributed by atoms with E-state index in [0.717, 1.165) is 0 Å². The number of benzene rings is 2. The molecule has 0 aliphatic carbocycles. The number of nitrogens with one attached hydrogen (secondary N) is 2. The molecule has 0 radical (unpaired) electrons. The molecule has 118 valence electrons. The lowest BCUT2D eigenvalue weighted by Crippen LogP contribution is -2.34. The first-order valence-electron chi connectivity index (χ1n) is 6.89. The zero-order valence-corrected chi connectivity index (χ0v) is 13.5. The van der Waals surface area contributed by atoms with Gasteiger partial charge in [0.2, 0.25) is 0 Å². The summed E-state index contributed by atoms with van der Waals surface area (Å²) in [5.74, 6) is 0.853. The summed E-state index contributed by atoms with van der Waals surface area (Å²) in [6.45, 7) is 0.971. The van der Waals surface area contributed by atoms with E-state index in [-0.39, 0.29) is 11.0 Å². The minimum atomic E-state index is -0.332. The fourth-order valence-corrected chi connectivity index (χ4v) is 2.49. The van der Waals surface area contributed by atoms with E-state index < -0.39 is 0 Å². The second-order valence-electron chi connectivity index (χ2n) is 4.78. The monoisotopic (exact) mass is 348 g/mol. The second-order valence-corrected chi connectivity index (χ2v) is 5.62. The molecule has 0 bridgehead atoms. The number of hydrogen-bond donors (Lipinski definition) is 2. The normalized spacial score (nSPS) is 12.4. The fraction of sp³-hybridized carbons (Fsp3) is 0.125. The molecule has 7 heteroatoms. The van der Waals surface area contributed by atoms with Crippen LogP contribution in [0.4, 0.5) is 5.69 Å². The molecule has 5 nitrogen and oxygen atoms in total. The third kappa shape index (κ3) is 3.91. The molecule has 1 aliphatic rings. The fourth-order valence-electron chi connectivity index (χ4n) is 2.09. The number of carbonyl (C=O) groups is 1. The number of carbonyl (C=O) groups excluding carboxylic acids is 1. The Morgan fingerprint density at radius 2 is 1.87 bits per heavy atom. The Morgan fingerprint density at radius 1 is 1.09 bits per heavy atom. The Morgan fingerprint density at radius 3 is 2.65 bits per heavy atom. The predicted octanol–water partition coefficient (Wildman–Crippen LogP) is 3.24. The predicted molar refractivity (Wildman–Crippen MR) is 92.6 cm³/mol. The van der Waals surface area contributed by atoms with E-state index in [1.165, 1.54) is 0 Å². The van der Waals surface area contributed by atoms with Crippen molar-refractivity contribution < 1.29 is 14.3 Å². The number of ether oxygens (including phenoxy) is 2. The molecular formula is C16H13ClN2O3S. The van der Waals surface area contributed by atoms with Crippen molar-refractivity contribution in [2.75, 3.05) is 18.5 Å². The third-order valence-corrected chi connectivity index (χ3v) is 3.55. The summed E-state index contributed by atoms with van der Waals surface area (Å²) in [4.78, 5) is 12.2. The van der Waals surface area contributed by atoms with Crippen LogP contribution in [0.2, 0.25) is 5.02 Å². The van der Waals surface area contributed by atoms with Crippen LogP contribution >= 0.6 is 23.8 Å². The highest BCUT2D eigenvalue weighted by Gasteiger charge is 2.15. The van der Waals surface area contributed by atoms with E-state index in [4.69, 9.17) is 33.3 Å². The number of fused-ring (bicyclic) bond motifs is 1. The SMILES string of the molecule is O=C(NC(=S)Nc1cccc(Cl)c1)c1ccc2c(c1)OCCO2. The molecule has 1 amide bonds. The molecule has 0 saturated heterocycles. The van der Waals surface area contributed by atoms with Gasteiger partial charge < -0.3 is 14.8 Å². The Hall–Kier alpha value is -2.31. The van der Waals surface area contributed by atoms with Crippen LogP contribution < -0.4 is 20.1 Å². The van der Waals surface area contributed by atoms with E-state index in [9.17, 15) is 4.79 Å². The molecule has 1 heterocycles. The summed E-state index contributed by atoms with van der Waals surface area (Å²) >= 11 is 11.0. The summed E-state index contributed by atoms with van der Waals surface area (Å²) < 4.78 is 10.9. The lowest BCUT2D eigenvalue weighted by Gasteiger charge is -2.18. The lowest BCUT2D eigenvalue weighted by atomic mass is 10.2. The van der Waals surface area contributed by atoms with E-state index in [1.807, 2.05) is 0 Å². The summed E-state index contributed by atoms with van der Waals surface area (Å²) in [5, 5.41) is 6.28. The molecule has 2 aromatic carbocycles. The van der Waals surface area contributed by atoms with Crippen LogP contribution in [0.1, 0.15) is 10.4 Å². The molecule has 1 aliphatic heterocycles. The molecule has 3 rings (SSSR count). The molecule has 0 unspecified atom stereocenters. The minimum absolute atomic E-state index is 0.187. The summed E-state index contributed by atoms with van der Waals surface area (Å²) in [6.07, 6.45) is 0. The van der Waals surface area contributed by atoms with Gasteiger partial charge in [-0.05, 0) is 48.6 Å². The van der Waals surface area contributed by atoms with Crippen molar-refractivity contribution in [2.24, 2.45) is 0 Å². The third-order valence-electron chi connectivity index (χ3n) is 3.11. The largest absolute Gasteiger partial charge is 0.486 e. The summed E-state index contributed by atoms with van der Waals surface area (Å²) in [7, 11) is 0. The van der Waals surface area contributed by atoms with Crippen molar-refractivity contribution in [1.29, 1.82) is 0 Å². The minimum Gasteiger partial charge on any atom is -0.486 e. The van der Waals surface area contributed by atoms with Gasteiger partial charge in [0.15, 0.2) is 16.6 Å². The van der Waals surface area contributed by atoms with Crippen molar-refractivity contribution >= 4 is 40.5 Å². The molecule has 0 atom stereocenters. The van der Waals surface area contributed by atoms with E-state index in [2.05, 4.69) is 10.6 Å². The van der Waals surface area contributed by atoms with Gasteiger partial charge in [-0.25, -0.2) is 0 Å². The second kappa shape index (κ2) is 6.85. The number of amides is 1. The number of halogens is 1. The molecule has 23 heavy (non-hydrogen) atoms. The zero-order valence-electron chi connectivity index (χ0n) is 12.0. The van der Waals surface area contributed by atoms with Gasteiger partial charge in [-0.15, -0.1) is 0 Å². The van der Waals surface area contributed by atoms with Crippen LogP contribution in [0.5, 0.6) is 11.5 Å². The van der Waals surface area contributed by atoms with E-state index in [0.29, 0.717) is 41.0 Å². The van der Waals surface area contributed by atoms with Crippen LogP contribution in [0.25, 0.3) is 0 Å². The Labute approximate surface area is 143 Å². The maximum atomic E-state index is 12.2. The molecule has 2 aromatic rings. The lowest BCUT2D eigenvalue weighted by molar-refractivity contribution is 0.0976. The quantitative estimate of drug-likeness (QED) is 0.816. The van der Waals surface area contributed by atoms with Crippen LogP contribution in [0.3, 0.4) is 0 Å². The van der Waals surface area contributed by atoms with Crippen molar-refractivity contribution in [2.45, 2.75) is 0 Å². The van der Waals surface area contributed by atoms with Crippen molar-refractivity contribution in [3.05, 3.63) is 53.1 Å². The van der Waals surface area contributed by atoms with Gasteiger partial charge in [-0.2, -0.15) is 0 Å². The maximum Gasteiger partial charge on any atom is 0.257 e. The molecule has 0 aromatic heterocycles. The van der Waals surface area contributed by atoms with Crippen molar-refractivity contribution in [1.82, 2.24) is 5.32 Å². The van der Waals surface area contributed by atoms with Gasteiger partial charge in [-0.3, -0.25) is 10.1 Å². The first-order valence-corrected chi connectivity index (χ1v) is 7.68. The van der Waals surface area contributed by atoms with E-state index >= 15 is 0 Å². The standard InChI is InChI=1S/C16H13ClN2O3S/c17-11-2-1-3-12(9-11)18-16(23)19-15(20)10-4-5-13-14(8-10)22-7-6-21-13/h1-5,8-9H,6-7H2,(H2,18,19,20,23). The Bertz CT molecular complexity index is 767. The highest BCUT2D eigenvalue weighted by molar-refractivity contribution is 7.80. The number of hydrogen-bond acceptors (Lipinski definition) is 4. The molecule has 2 N–H and O–H groups in total. The average molecular weight is 349 g/mol. The van der Waals surface area contributed by atoms with Crippen molar-refractivity contribution in [3.8, 4) is 11.5 Å². The summed E-state index contributed by atoms with van der Waals surface area (Å²) in [5.41, 5.74) is 1.13. The van der Waals surface area contributed by atoms with Gasteiger partial charge >= 0.3 is 0 Å². The van der Waals surface area contributed by atoms with Gasteiger partial charge in [-0.1, -0.05) is 17.7 Å². The van der Waals surface area contributed by atoms with Crippen LogP contribution in [0.15, 0.2) is 42.5 Å². The number of thiocarbonyl (C=S) groups is 1. The Balaban J connectivity index is 1.65. The maximum absolute atomic E-state index is 12.2. The Kier molecular flexibility index (Phi) is 4.64. The smallest absolute Gasteiger partial charge is 0.257 e. The van der Waals surface area contributed by atoms with E-state index in [1.54, 1.807) is 42.5 Å². The molecule has 0 fully saturated rings. The topological polar surface area (TPSA) is 59.6 Å². The highest BCUT2D eigenvalue weighted by atomic mass is 35.5. The number of anilines is 1. The van der Waals surface area contributed by atoms with Gasteiger partial charge in [0.05, 0.1) is 0 Å². The first kappa shape index (κ1) is 15.6. The van der Waals surface area contributed by atoms with Crippen LogP contribution in [-0.2, 0) is 0 Å². The van der Waals surface area contributed by atoms with Crippen LogP contribution in [0, 0.1) is 0 Å². The highest BCUT2D eigenvalue weighted by Crippen LogP contribution is 2.30. The molecule has 0 saturated carbocycles. The first-order chi connectivity index (χ1) is 11.1. The van der Waals surface area contributed by atoms with Gasteiger partial charge in [0.1, 0.15) is 13.2 Å². The average Bonchev–Trinajstić information content (AvgIpc) is 2.54. The van der Waals surface area contributed by atoms with Crippen LogP contribution in [-0.4, -0.2) is 24.2 Å². The number of rotatable bonds is 2.